The van der Waals surface area contributed by atoms with Gasteiger partial charge in [-0.05, 0) is 84.9 Å². The standard InChI is InChI=1S/C32H22Cl2N2O4/c33-29-10-3-1-8-27(29)31(37)35-21-12-16-23(17-13-21)39-25-6-5-7-26(20-25)40-24-18-14-22(15-19-24)36-32(38)28-9-2-4-11-30(28)34/h1-20H,(H,35,37)(H,36,38). The molecule has 0 atom stereocenters. The molecule has 8 heteroatoms. The minimum absolute atomic E-state index is 0.292. The number of rotatable bonds is 8. The molecule has 0 heterocycles. The largest absolute Gasteiger partial charge is 0.457 e. The maximum Gasteiger partial charge on any atom is 0.257 e. The smallest absolute Gasteiger partial charge is 0.257 e. The van der Waals surface area contributed by atoms with E-state index in [0.717, 1.165) is 0 Å². The lowest BCUT2D eigenvalue weighted by Crippen LogP contribution is -2.12. The van der Waals surface area contributed by atoms with E-state index >= 15 is 0 Å². The number of ether oxygens (including phenoxy) is 2. The van der Waals surface area contributed by atoms with E-state index in [1.807, 2.05) is 18.2 Å². The fourth-order valence-corrected chi connectivity index (χ4v) is 4.22. The minimum atomic E-state index is -0.292. The molecule has 0 spiro atoms. The second kappa shape index (κ2) is 12.4. The SMILES string of the molecule is O=C(Nc1ccc(Oc2cccc(Oc3ccc(NC(=O)c4ccccc4Cl)cc3)c2)cc1)c1ccccc1Cl. The summed E-state index contributed by atoms with van der Waals surface area (Å²) in [6, 6.07) is 34.9. The number of nitrogens with one attached hydrogen (secondary N) is 2. The summed E-state index contributed by atoms with van der Waals surface area (Å²) in [5, 5.41) is 6.42. The summed E-state index contributed by atoms with van der Waals surface area (Å²) in [5.41, 5.74) is 2.03. The number of carbonyl (C=O) groups is 2. The van der Waals surface area contributed by atoms with Gasteiger partial charge in [-0.1, -0.05) is 53.5 Å². The average molecular weight is 569 g/mol. The molecule has 0 bridgehead atoms. The minimum Gasteiger partial charge on any atom is -0.457 e. The van der Waals surface area contributed by atoms with Crippen molar-refractivity contribution in [2.45, 2.75) is 0 Å². The average Bonchev–Trinajstić information content (AvgIpc) is 2.96. The molecule has 0 fully saturated rings. The molecule has 0 aliphatic heterocycles. The molecule has 5 aromatic rings. The van der Waals surface area contributed by atoms with Crippen LogP contribution in [0.4, 0.5) is 11.4 Å². The van der Waals surface area contributed by atoms with Crippen molar-refractivity contribution in [1.29, 1.82) is 0 Å². The van der Waals surface area contributed by atoms with Crippen molar-refractivity contribution in [1.82, 2.24) is 0 Å². The van der Waals surface area contributed by atoms with Crippen LogP contribution in [-0.2, 0) is 0 Å². The Bertz CT molecular complexity index is 1530. The maximum atomic E-state index is 12.5. The molecule has 0 aromatic heterocycles. The van der Waals surface area contributed by atoms with Crippen LogP contribution >= 0.6 is 23.2 Å². The molecule has 0 radical (unpaired) electrons. The lowest BCUT2D eigenvalue weighted by Gasteiger charge is -2.11. The van der Waals surface area contributed by atoms with Crippen LogP contribution in [0.15, 0.2) is 121 Å². The van der Waals surface area contributed by atoms with Crippen molar-refractivity contribution >= 4 is 46.4 Å². The molecular weight excluding hydrogens is 547 g/mol. The fraction of sp³-hybridized carbons (Fsp3) is 0. The fourth-order valence-electron chi connectivity index (χ4n) is 3.77. The monoisotopic (exact) mass is 568 g/mol. The Kier molecular flexibility index (Phi) is 8.30. The van der Waals surface area contributed by atoms with Crippen LogP contribution in [0.2, 0.25) is 10.0 Å². The molecule has 5 aromatic carbocycles. The highest BCUT2D eigenvalue weighted by molar-refractivity contribution is 6.34. The van der Waals surface area contributed by atoms with Crippen LogP contribution in [0, 0.1) is 0 Å². The molecule has 40 heavy (non-hydrogen) atoms. The van der Waals surface area contributed by atoms with Crippen molar-refractivity contribution in [2.75, 3.05) is 10.6 Å². The van der Waals surface area contributed by atoms with E-state index in [4.69, 9.17) is 32.7 Å². The molecule has 0 aliphatic rings. The van der Waals surface area contributed by atoms with Crippen LogP contribution in [0.5, 0.6) is 23.0 Å². The summed E-state index contributed by atoms with van der Waals surface area (Å²) < 4.78 is 11.9. The van der Waals surface area contributed by atoms with E-state index in [2.05, 4.69) is 10.6 Å². The summed E-state index contributed by atoms with van der Waals surface area (Å²) >= 11 is 12.2. The van der Waals surface area contributed by atoms with Crippen LogP contribution in [0.25, 0.3) is 0 Å². The van der Waals surface area contributed by atoms with Gasteiger partial charge in [0.1, 0.15) is 23.0 Å². The van der Waals surface area contributed by atoms with Gasteiger partial charge in [-0.25, -0.2) is 0 Å². The third-order valence-corrected chi connectivity index (χ3v) is 6.40. The molecule has 5 rings (SSSR count). The highest BCUT2D eigenvalue weighted by Crippen LogP contribution is 2.30. The Morgan fingerprint density at radius 2 is 0.875 bits per heavy atom. The maximum absolute atomic E-state index is 12.5. The lowest BCUT2D eigenvalue weighted by molar-refractivity contribution is 0.101. The molecule has 0 unspecified atom stereocenters. The first kappa shape index (κ1) is 26.8. The van der Waals surface area contributed by atoms with Gasteiger partial charge in [-0.15, -0.1) is 0 Å². The Labute approximate surface area is 241 Å². The third kappa shape index (κ3) is 6.80. The van der Waals surface area contributed by atoms with E-state index in [-0.39, 0.29) is 11.8 Å². The molecule has 2 N–H and O–H groups in total. The summed E-state index contributed by atoms with van der Waals surface area (Å²) in [6.45, 7) is 0. The lowest BCUT2D eigenvalue weighted by atomic mass is 10.2. The predicted octanol–water partition coefficient (Wildman–Crippen LogP) is 9.08. The Morgan fingerprint density at radius 1 is 0.475 bits per heavy atom. The molecule has 0 saturated carbocycles. The van der Waals surface area contributed by atoms with Gasteiger partial charge in [0.15, 0.2) is 0 Å². The first-order valence-corrected chi connectivity index (χ1v) is 13.0. The summed E-state index contributed by atoms with van der Waals surface area (Å²) in [6.07, 6.45) is 0. The van der Waals surface area contributed by atoms with Crippen LogP contribution in [0.3, 0.4) is 0 Å². The Morgan fingerprint density at radius 3 is 1.27 bits per heavy atom. The van der Waals surface area contributed by atoms with Crippen LogP contribution in [0.1, 0.15) is 20.7 Å². The van der Waals surface area contributed by atoms with Gasteiger partial charge in [-0.3, -0.25) is 9.59 Å². The number of hydrogen-bond donors (Lipinski definition) is 2. The summed E-state index contributed by atoms with van der Waals surface area (Å²) in [5.74, 6) is 1.75. The zero-order valence-corrected chi connectivity index (χ0v) is 22.4. The van der Waals surface area contributed by atoms with Gasteiger partial charge in [0.05, 0.1) is 21.2 Å². The zero-order valence-electron chi connectivity index (χ0n) is 20.9. The van der Waals surface area contributed by atoms with Crippen molar-refractivity contribution in [3.05, 3.63) is 142 Å². The van der Waals surface area contributed by atoms with Gasteiger partial charge in [0.25, 0.3) is 11.8 Å². The van der Waals surface area contributed by atoms with E-state index in [9.17, 15) is 9.59 Å². The quantitative estimate of drug-likeness (QED) is 0.195. The molecule has 0 saturated heterocycles. The number of hydrogen-bond acceptors (Lipinski definition) is 4. The number of benzene rings is 5. The van der Waals surface area contributed by atoms with Crippen molar-refractivity contribution in [3.63, 3.8) is 0 Å². The van der Waals surface area contributed by atoms with Crippen LogP contribution < -0.4 is 20.1 Å². The molecule has 6 nitrogen and oxygen atoms in total. The zero-order chi connectivity index (χ0) is 27.9. The number of carbonyl (C=O) groups excluding carboxylic acids is 2. The van der Waals surface area contributed by atoms with Gasteiger partial charge in [0.2, 0.25) is 0 Å². The van der Waals surface area contributed by atoms with E-state index in [1.165, 1.54) is 0 Å². The molecule has 2 amide bonds. The topological polar surface area (TPSA) is 76.7 Å². The number of anilines is 2. The highest BCUT2D eigenvalue weighted by atomic mass is 35.5. The van der Waals surface area contributed by atoms with Gasteiger partial charge >= 0.3 is 0 Å². The van der Waals surface area contributed by atoms with Gasteiger partial charge in [0, 0.05) is 17.4 Å². The molecular formula is C32H22Cl2N2O4. The Hall–Kier alpha value is -4.78. The number of amides is 2. The van der Waals surface area contributed by atoms with Gasteiger partial charge in [-0.2, -0.15) is 0 Å². The molecule has 0 aliphatic carbocycles. The first-order chi connectivity index (χ1) is 19.4. The van der Waals surface area contributed by atoms with Crippen molar-refractivity contribution in [2.24, 2.45) is 0 Å². The van der Waals surface area contributed by atoms with Crippen LogP contribution in [-0.4, -0.2) is 11.8 Å². The third-order valence-electron chi connectivity index (χ3n) is 5.74. The first-order valence-electron chi connectivity index (χ1n) is 12.2. The van der Waals surface area contributed by atoms with E-state index < -0.39 is 0 Å². The van der Waals surface area contributed by atoms with E-state index in [1.54, 1.807) is 103 Å². The van der Waals surface area contributed by atoms with Crippen molar-refractivity contribution in [3.8, 4) is 23.0 Å². The molecule has 198 valence electrons. The second-order valence-electron chi connectivity index (χ2n) is 8.60. The summed E-state index contributed by atoms with van der Waals surface area (Å²) in [4.78, 5) is 24.9. The Balaban J connectivity index is 1.18. The normalized spacial score (nSPS) is 10.4. The highest BCUT2D eigenvalue weighted by Gasteiger charge is 2.11. The van der Waals surface area contributed by atoms with Gasteiger partial charge < -0.3 is 20.1 Å². The predicted molar refractivity (Wildman–Crippen MR) is 158 cm³/mol. The van der Waals surface area contributed by atoms with Crippen molar-refractivity contribution < 1.29 is 19.1 Å². The second-order valence-corrected chi connectivity index (χ2v) is 9.41. The number of halogens is 2. The summed E-state index contributed by atoms with van der Waals surface area (Å²) in [7, 11) is 0. The van der Waals surface area contributed by atoms with E-state index in [0.29, 0.717) is 55.5 Å².